The van der Waals surface area contributed by atoms with E-state index >= 15 is 0 Å². The zero-order chi connectivity index (χ0) is 13.3. The summed E-state index contributed by atoms with van der Waals surface area (Å²) in [5.41, 5.74) is 1.42. The normalized spacial score (nSPS) is 60.5. The van der Waals surface area contributed by atoms with Gasteiger partial charge in [-0.3, -0.25) is 0 Å². The molecule has 4 fully saturated rings. The zero-order valence-electron chi connectivity index (χ0n) is 13.3. The minimum atomic E-state index is 0.698. The summed E-state index contributed by atoms with van der Waals surface area (Å²) in [7, 11) is 0. The summed E-state index contributed by atoms with van der Waals surface area (Å²) in [5.74, 6) is 5.37. The van der Waals surface area contributed by atoms with Gasteiger partial charge in [0.25, 0.3) is 0 Å². The largest absolute Gasteiger partial charge is 0.0620 e. The molecule has 0 aromatic rings. The van der Waals surface area contributed by atoms with Crippen LogP contribution < -0.4 is 0 Å². The highest BCUT2D eigenvalue weighted by Gasteiger charge is 2.60. The van der Waals surface area contributed by atoms with Gasteiger partial charge in [0.15, 0.2) is 0 Å². The molecule has 4 saturated carbocycles. The molecule has 4 aliphatic rings. The van der Waals surface area contributed by atoms with Crippen LogP contribution in [-0.4, -0.2) is 0 Å². The molecule has 7 unspecified atom stereocenters. The van der Waals surface area contributed by atoms with Crippen molar-refractivity contribution in [1.82, 2.24) is 0 Å². The van der Waals surface area contributed by atoms with Crippen molar-refractivity contribution in [3.05, 3.63) is 0 Å². The van der Waals surface area contributed by atoms with Crippen molar-refractivity contribution in [2.24, 2.45) is 40.4 Å². The fraction of sp³-hybridized carbons (Fsp3) is 1.00. The fourth-order valence-electron chi connectivity index (χ4n) is 7.32. The van der Waals surface area contributed by atoms with Crippen LogP contribution in [0.25, 0.3) is 0 Å². The van der Waals surface area contributed by atoms with Gasteiger partial charge in [0.05, 0.1) is 0 Å². The summed E-state index contributed by atoms with van der Waals surface area (Å²) in [5, 5.41) is 0. The second kappa shape index (κ2) is 4.01. The number of hydrogen-bond acceptors (Lipinski definition) is 0. The van der Waals surface area contributed by atoms with E-state index < -0.39 is 0 Å². The van der Waals surface area contributed by atoms with E-state index in [2.05, 4.69) is 20.8 Å². The lowest BCUT2D eigenvalue weighted by atomic mass is 9.38. The van der Waals surface area contributed by atoms with Gasteiger partial charge in [0, 0.05) is 0 Å². The van der Waals surface area contributed by atoms with Gasteiger partial charge in [-0.05, 0) is 85.4 Å². The average molecular weight is 260 g/mol. The molecule has 0 aromatic carbocycles. The van der Waals surface area contributed by atoms with E-state index in [1.807, 2.05) is 0 Å². The minimum absolute atomic E-state index is 0.698. The highest BCUT2D eigenvalue weighted by molar-refractivity contribution is 5.10. The predicted molar refractivity (Wildman–Crippen MR) is 80.9 cm³/mol. The topological polar surface area (TPSA) is 0 Å². The Morgan fingerprint density at radius 2 is 1.47 bits per heavy atom. The van der Waals surface area contributed by atoms with Crippen LogP contribution in [0, 0.1) is 40.4 Å². The third-order valence-electron chi connectivity index (χ3n) is 8.53. The van der Waals surface area contributed by atoms with Crippen LogP contribution in [0.3, 0.4) is 0 Å². The van der Waals surface area contributed by atoms with Gasteiger partial charge in [-0.2, -0.15) is 0 Å². The summed E-state index contributed by atoms with van der Waals surface area (Å²) < 4.78 is 0. The van der Waals surface area contributed by atoms with Gasteiger partial charge in [-0.25, -0.2) is 0 Å². The maximum absolute atomic E-state index is 2.69. The van der Waals surface area contributed by atoms with Crippen LogP contribution in [0.2, 0.25) is 0 Å². The molecule has 0 spiro atoms. The molecule has 19 heavy (non-hydrogen) atoms. The fourth-order valence-corrected chi connectivity index (χ4v) is 7.32. The van der Waals surface area contributed by atoms with E-state index in [1.165, 1.54) is 12.8 Å². The summed E-state index contributed by atoms with van der Waals surface area (Å²) in [6, 6.07) is 0. The molecule has 0 bridgehead atoms. The quantitative estimate of drug-likeness (QED) is 0.527. The second-order valence-corrected chi connectivity index (χ2v) is 9.18. The first-order valence-electron chi connectivity index (χ1n) is 9.05. The van der Waals surface area contributed by atoms with Gasteiger partial charge >= 0.3 is 0 Å². The lowest BCUT2D eigenvalue weighted by Gasteiger charge is -2.66. The standard InChI is InChI=1S/C19H32/c1-13-6-7-15-8-11-18(2)10-4-5-14-9-12-19(13,3)17(15)16(14)18/h13-17H,4-12H2,1-3H3. The maximum Gasteiger partial charge on any atom is -0.0266 e. The van der Waals surface area contributed by atoms with Gasteiger partial charge < -0.3 is 0 Å². The molecule has 0 radical (unpaired) electrons. The Morgan fingerprint density at radius 3 is 2.32 bits per heavy atom. The third-order valence-corrected chi connectivity index (χ3v) is 8.53. The predicted octanol–water partition coefficient (Wildman–Crippen LogP) is 5.67. The van der Waals surface area contributed by atoms with Crippen LogP contribution in [0.15, 0.2) is 0 Å². The molecule has 0 saturated heterocycles. The van der Waals surface area contributed by atoms with Crippen molar-refractivity contribution in [3.8, 4) is 0 Å². The Balaban J connectivity index is 1.78. The molecule has 0 aromatic heterocycles. The molecular formula is C19H32. The second-order valence-electron chi connectivity index (χ2n) is 9.18. The Labute approximate surface area is 119 Å². The molecule has 0 heterocycles. The summed E-state index contributed by atoms with van der Waals surface area (Å²) >= 11 is 0. The van der Waals surface area contributed by atoms with Gasteiger partial charge in [-0.15, -0.1) is 0 Å². The smallest absolute Gasteiger partial charge is 0.0266 e. The van der Waals surface area contributed by atoms with E-state index in [4.69, 9.17) is 0 Å². The third kappa shape index (κ3) is 1.58. The molecule has 0 heteroatoms. The first-order chi connectivity index (χ1) is 9.05. The molecule has 0 nitrogen and oxygen atoms in total. The van der Waals surface area contributed by atoms with Crippen molar-refractivity contribution in [1.29, 1.82) is 0 Å². The van der Waals surface area contributed by atoms with Crippen molar-refractivity contribution in [2.75, 3.05) is 0 Å². The monoisotopic (exact) mass is 260 g/mol. The first-order valence-corrected chi connectivity index (χ1v) is 9.05. The van der Waals surface area contributed by atoms with Crippen LogP contribution in [-0.2, 0) is 0 Å². The molecule has 4 rings (SSSR count). The van der Waals surface area contributed by atoms with Crippen molar-refractivity contribution in [2.45, 2.75) is 78.6 Å². The van der Waals surface area contributed by atoms with Crippen molar-refractivity contribution in [3.63, 3.8) is 0 Å². The zero-order valence-corrected chi connectivity index (χ0v) is 13.3. The van der Waals surface area contributed by atoms with Gasteiger partial charge in [-0.1, -0.05) is 33.6 Å². The molecule has 108 valence electrons. The molecule has 0 amide bonds. The van der Waals surface area contributed by atoms with E-state index in [0.717, 1.165) is 35.0 Å². The van der Waals surface area contributed by atoms with Crippen LogP contribution in [0.1, 0.15) is 78.6 Å². The minimum Gasteiger partial charge on any atom is -0.0620 e. The Hall–Kier alpha value is 0. The molecule has 0 N–H and O–H groups in total. The molecular weight excluding hydrogens is 228 g/mol. The highest BCUT2D eigenvalue weighted by atomic mass is 14.7. The SMILES string of the molecule is CC1CCC2CCC3(C)CCCC4CCC1(C)C2C43. The van der Waals surface area contributed by atoms with Crippen molar-refractivity contribution < 1.29 is 0 Å². The Morgan fingerprint density at radius 1 is 0.737 bits per heavy atom. The highest BCUT2D eigenvalue weighted by Crippen LogP contribution is 2.69. The molecule has 7 atom stereocenters. The lowest BCUT2D eigenvalue weighted by molar-refractivity contribution is -0.174. The van der Waals surface area contributed by atoms with Crippen LogP contribution in [0.4, 0.5) is 0 Å². The average Bonchev–Trinajstić information content (AvgIpc) is 2.40. The maximum atomic E-state index is 2.69. The van der Waals surface area contributed by atoms with Crippen LogP contribution in [0.5, 0.6) is 0 Å². The van der Waals surface area contributed by atoms with Gasteiger partial charge in [0.2, 0.25) is 0 Å². The summed E-state index contributed by atoms with van der Waals surface area (Å²) in [4.78, 5) is 0. The summed E-state index contributed by atoms with van der Waals surface area (Å²) in [6.45, 7) is 7.93. The van der Waals surface area contributed by atoms with Crippen LogP contribution >= 0.6 is 0 Å². The molecule has 0 aliphatic heterocycles. The lowest BCUT2D eigenvalue weighted by Crippen LogP contribution is -2.59. The van der Waals surface area contributed by atoms with E-state index in [-0.39, 0.29) is 0 Å². The number of rotatable bonds is 0. The van der Waals surface area contributed by atoms with Crippen molar-refractivity contribution >= 4 is 0 Å². The van der Waals surface area contributed by atoms with E-state index in [0.29, 0.717) is 5.41 Å². The van der Waals surface area contributed by atoms with Gasteiger partial charge in [0.1, 0.15) is 0 Å². The molecule has 4 aliphatic carbocycles. The van der Waals surface area contributed by atoms with E-state index in [9.17, 15) is 0 Å². The summed E-state index contributed by atoms with van der Waals surface area (Å²) in [6.07, 6.45) is 13.9. The number of hydrogen-bond donors (Lipinski definition) is 0. The Bertz CT molecular complexity index is 372. The first kappa shape index (κ1) is 12.7. The van der Waals surface area contributed by atoms with E-state index in [1.54, 1.807) is 44.9 Å². The Kier molecular flexibility index (Phi) is 2.69.